The van der Waals surface area contributed by atoms with E-state index in [1.165, 1.54) is 6.33 Å². The summed E-state index contributed by atoms with van der Waals surface area (Å²) in [4.78, 5) is 8.46. The maximum atomic E-state index is 9.51. The lowest BCUT2D eigenvalue weighted by molar-refractivity contribution is 0.332. The first-order valence-electron chi connectivity index (χ1n) is 9.65. The van der Waals surface area contributed by atoms with Gasteiger partial charge in [0.15, 0.2) is 5.82 Å². The normalized spacial score (nSPS) is 10.5. The predicted octanol–water partition coefficient (Wildman–Crippen LogP) is 3.11. The van der Waals surface area contributed by atoms with Crippen molar-refractivity contribution in [2.45, 2.75) is 13.8 Å². The van der Waals surface area contributed by atoms with Gasteiger partial charge in [-0.05, 0) is 49.7 Å². The van der Waals surface area contributed by atoms with Gasteiger partial charge in [-0.15, -0.1) is 0 Å². The Hall–Kier alpha value is -4.39. The number of nitriles is 1. The van der Waals surface area contributed by atoms with Gasteiger partial charge in [0.05, 0.1) is 17.8 Å². The zero-order valence-corrected chi connectivity index (χ0v) is 17.1. The molecule has 0 aliphatic heterocycles. The highest BCUT2D eigenvalue weighted by Crippen LogP contribution is 2.23. The molecule has 0 bridgehead atoms. The monoisotopic (exact) mass is 415 g/mol. The molecule has 4 rings (SSSR count). The zero-order valence-electron chi connectivity index (χ0n) is 17.1. The van der Waals surface area contributed by atoms with Crippen LogP contribution in [0.5, 0.6) is 5.75 Å². The van der Waals surface area contributed by atoms with Crippen LogP contribution >= 0.6 is 0 Å². The highest BCUT2D eigenvalue weighted by molar-refractivity contribution is 5.63. The molecule has 0 radical (unpaired) electrons. The minimum Gasteiger partial charge on any atom is -0.492 e. The number of aromatic nitrogens is 6. The number of pyridine rings is 1. The van der Waals surface area contributed by atoms with Crippen molar-refractivity contribution in [3.8, 4) is 17.5 Å². The lowest BCUT2D eigenvalue weighted by atomic mass is 10.1. The Kier molecular flexibility index (Phi) is 5.75. The Morgan fingerprint density at radius 1 is 1.16 bits per heavy atom. The van der Waals surface area contributed by atoms with Crippen molar-refractivity contribution in [3.63, 3.8) is 0 Å². The summed E-state index contributed by atoms with van der Waals surface area (Å²) in [5.41, 5.74) is 3.16. The molecule has 3 heterocycles. The fourth-order valence-corrected chi connectivity index (χ4v) is 2.99. The predicted molar refractivity (Wildman–Crippen MR) is 116 cm³/mol. The molecule has 10 heteroatoms. The number of aryl methyl sites for hydroxylation is 2. The number of rotatable bonds is 8. The molecule has 1 aromatic carbocycles. The third-order valence-corrected chi connectivity index (χ3v) is 4.47. The van der Waals surface area contributed by atoms with E-state index in [1.54, 1.807) is 11.0 Å². The standard InChI is InChI=1S/C21H21N9O/c1-14-9-19(26-20-10-15(2)28-29-20)27-21(18(14)11-22)24-7-8-31-17-5-3-16(4-6-17)30-13-23-12-25-30/h3-6,9-10,12-13H,7-8H2,1-2H3,(H3,24,26,27,28,29). The summed E-state index contributed by atoms with van der Waals surface area (Å²) in [7, 11) is 0. The van der Waals surface area contributed by atoms with Gasteiger partial charge < -0.3 is 15.4 Å². The Balaban J connectivity index is 1.36. The summed E-state index contributed by atoms with van der Waals surface area (Å²) in [5, 5.41) is 27.0. The van der Waals surface area contributed by atoms with Crippen molar-refractivity contribution < 1.29 is 4.74 Å². The SMILES string of the molecule is Cc1cc(Nc2cc(C)c(C#N)c(NCCOc3ccc(-n4cncn4)cc3)n2)n[nH]1. The maximum absolute atomic E-state index is 9.51. The van der Waals surface area contributed by atoms with Crippen LogP contribution in [0.2, 0.25) is 0 Å². The van der Waals surface area contributed by atoms with Crippen LogP contribution in [0.3, 0.4) is 0 Å². The van der Waals surface area contributed by atoms with Gasteiger partial charge in [-0.3, -0.25) is 5.10 Å². The molecule has 10 nitrogen and oxygen atoms in total. The highest BCUT2D eigenvalue weighted by Gasteiger charge is 2.11. The maximum Gasteiger partial charge on any atom is 0.153 e. The van der Waals surface area contributed by atoms with E-state index in [1.807, 2.05) is 50.2 Å². The van der Waals surface area contributed by atoms with Crippen LogP contribution in [0.1, 0.15) is 16.8 Å². The summed E-state index contributed by atoms with van der Waals surface area (Å²) < 4.78 is 7.46. The number of hydrogen-bond donors (Lipinski definition) is 3. The molecule has 0 saturated carbocycles. The first-order chi connectivity index (χ1) is 15.1. The molecule has 4 aromatic rings. The van der Waals surface area contributed by atoms with Crippen molar-refractivity contribution in [1.29, 1.82) is 5.26 Å². The minimum absolute atomic E-state index is 0.407. The number of H-pyrrole nitrogens is 1. The number of benzene rings is 1. The minimum atomic E-state index is 0.407. The second kappa shape index (κ2) is 8.96. The van der Waals surface area contributed by atoms with Crippen LogP contribution in [0.25, 0.3) is 5.69 Å². The molecule has 3 N–H and O–H groups in total. The molecule has 156 valence electrons. The Labute approximate surface area is 178 Å². The van der Waals surface area contributed by atoms with Crippen molar-refractivity contribution in [1.82, 2.24) is 29.9 Å². The molecular formula is C21H21N9O. The lowest BCUT2D eigenvalue weighted by Gasteiger charge is -2.13. The molecule has 0 atom stereocenters. The average Bonchev–Trinajstić information content (AvgIpc) is 3.44. The summed E-state index contributed by atoms with van der Waals surface area (Å²) >= 11 is 0. The summed E-state index contributed by atoms with van der Waals surface area (Å²) in [6.07, 6.45) is 3.12. The molecule has 0 fully saturated rings. The van der Waals surface area contributed by atoms with Crippen LogP contribution in [-0.4, -0.2) is 43.1 Å². The molecule has 0 saturated heterocycles. The van der Waals surface area contributed by atoms with Crippen molar-refractivity contribution in [2.24, 2.45) is 0 Å². The van der Waals surface area contributed by atoms with E-state index in [0.29, 0.717) is 36.2 Å². The first-order valence-corrected chi connectivity index (χ1v) is 9.65. The lowest BCUT2D eigenvalue weighted by Crippen LogP contribution is -2.14. The fraction of sp³-hybridized carbons (Fsp3) is 0.190. The van der Waals surface area contributed by atoms with E-state index in [0.717, 1.165) is 22.7 Å². The van der Waals surface area contributed by atoms with Crippen molar-refractivity contribution in [2.75, 3.05) is 23.8 Å². The summed E-state index contributed by atoms with van der Waals surface area (Å²) in [6.45, 7) is 4.69. The van der Waals surface area contributed by atoms with E-state index >= 15 is 0 Å². The van der Waals surface area contributed by atoms with E-state index in [9.17, 15) is 5.26 Å². The van der Waals surface area contributed by atoms with Gasteiger partial charge in [-0.2, -0.15) is 15.5 Å². The van der Waals surface area contributed by atoms with E-state index in [2.05, 4.69) is 42.0 Å². The number of nitrogens with one attached hydrogen (secondary N) is 3. The van der Waals surface area contributed by atoms with Gasteiger partial charge in [-0.25, -0.2) is 14.6 Å². The molecule has 0 aliphatic rings. The molecule has 0 aliphatic carbocycles. The largest absolute Gasteiger partial charge is 0.492 e. The van der Waals surface area contributed by atoms with E-state index in [-0.39, 0.29) is 0 Å². The Morgan fingerprint density at radius 3 is 2.68 bits per heavy atom. The first kappa shape index (κ1) is 19.9. The average molecular weight is 415 g/mol. The van der Waals surface area contributed by atoms with Crippen LogP contribution in [0.15, 0.2) is 49.1 Å². The number of anilines is 3. The second-order valence-electron chi connectivity index (χ2n) is 6.83. The molecule has 0 amide bonds. The quantitative estimate of drug-likeness (QED) is 0.374. The zero-order chi connectivity index (χ0) is 21.6. The van der Waals surface area contributed by atoms with Crippen molar-refractivity contribution in [3.05, 3.63) is 65.9 Å². The Bertz CT molecular complexity index is 1190. The fourth-order valence-electron chi connectivity index (χ4n) is 2.99. The number of nitrogens with zero attached hydrogens (tertiary/aromatic N) is 6. The van der Waals surface area contributed by atoms with Crippen LogP contribution in [0.4, 0.5) is 17.5 Å². The van der Waals surface area contributed by atoms with Crippen molar-refractivity contribution >= 4 is 17.5 Å². The van der Waals surface area contributed by atoms with Gasteiger partial charge in [0.2, 0.25) is 0 Å². The van der Waals surface area contributed by atoms with Crippen LogP contribution < -0.4 is 15.4 Å². The van der Waals surface area contributed by atoms with Crippen LogP contribution in [0, 0.1) is 25.2 Å². The van der Waals surface area contributed by atoms with Gasteiger partial charge in [-0.1, -0.05) is 0 Å². The van der Waals surface area contributed by atoms with E-state index in [4.69, 9.17) is 4.74 Å². The third-order valence-electron chi connectivity index (χ3n) is 4.47. The Morgan fingerprint density at radius 2 is 2.00 bits per heavy atom. The van der Waals surface area contributed by atoms with Gasteiger partial charge in [0.25, 0.3) is 0 Å². The van der Waals surface area contributed by atoms with Gasteiger partial charge in [0.1, 0.15) is 42.7 Å². The van der Waals surface area contributed by atoms with Gasteiger partial charge in [0, 0.05) is 11.8 Å². The second-order valence-corrected chi connectivity index (χ2v) is 6.83. The van der Waals surface area contributed by atoms with Gasteiger partial charge >= 0.3 is 0 Å². The molecule has 0 unspecified atom stereocenters. The van der Waals surface area contributed by atoms with Crippen LogP contribution in [-0.2, 0) is 0 Å². The topological polar surface area (TPSA) is 129 Å². The molecule has 0 spiro atoms. The number of hydrogen-bond acceptors (Lipinski definition) is 8. The number of ether oxygens (including phenoxy) is 1. The highest BCUT2D eigenvalue weighted by atomic mass is 16.5. The molecule has 3 aromatic heterocycles. The molecule has 31 heavy (non-hydrogen) atoms. The molecular weight excluding hydrogens is 394 g/mol. The summed E-state index contributed by atoms with van der Waals surface area (Å²) in [6, 6.07) is 13.5. The smallest absolute Gasteiger partial charge is 0.153 e. The third kappa shape index (κ3) is 4.79. The van der Waals surface area contributed by atoms with E-state index < -0.39 is 0 Å². The number of aromatic amines is 1. The summed E-state index contributed by atoms with van der Waals surface area (Å²) in [5.74, 6) is 2.51.